The van der Waals surface area contributed by atoms with Gasteiger partial charge in [-0.05, 0) is 74.2 Å². The molecule has 2 heterocycles. The topological polar surface area (TPSA) is 49.9 Å². The van der Waals surface area contributed by atoms with Gasteiger partial charge in [0.25, 0.3) is 5.91 Å². The van der Waals surface area contributed by atoms with Gasteiger partial charge in [0, 0.05) is 37.7 Å². The van der Waals surface area contributed by atoms with Crippen molar-refractivity contribution in [3.63, 3.8) is 0 Å². The molecule has 0 spiro atoms. The van der Waals surface area contributed by atoms with Gasteiger partial charge in [0.2, 0.25) is 5.91 Å². The summed E-state index contributed by atoms with van der Waals surface area (Å²) >= 11 is 0. The number of likely N-dealkylation sites (tertiary alicyclic amines) is 2. The van der Waals surface area contributed by atoms with E-state index in [1.54, 1.807) is 36.4 Å². The molecule has 0 aromatic heterocycles. The van der Waals surface area contributed by atoms with E-state index in [9.17, 15) is 14.0 Å². The van der Waals surface area contributed by atoms with Crippen LogP contribution in [0.25, 0.3) is 0 Å². The maximum atomic E-state index is 13.0. The Balaban J connectivity index is 1.30. The predicted molar refractivity (Wildman–Crippen MR) is 117 cm³/mol. The third-order valence-corrected chi connectivity index (χ3v) is 6.20. The number of nitrogens with zero attached hydrogens (tertiary/aromatic N) is 2. The van der Waals surface area contributed by atoms with Crippen LogP contribution in [0.5, 0.6) is 11.5 Å². The zero-order chi connectivity index (χ0) is 21.6. The van der Waals surface area contributed by atoms with E-state index < -0.39 is 0 Å². The summed E-state index contributed by atoms with van der Waals surface area (Å²) in [5.74, 6) is 1.10. The Hall–Kier alpha value is -2.89. The lowest BCUT2D eigenvalue weighted by molar-refractivity contribution is -0.136. The molecular formula is C25H29FN2O3. The van der Waals surface area contributed by atoms with Crippen molar-refractivity contribution >= 4 is 11.8 Å². The summed E-state index contributed by atoms with van der Waals surface area (Å²) in [6.45, 7) is 2.97. The van der Waals surface area contributed by atoms with Crippen molar-refractivity contribution in [2.75, 3.05) is 26.2 Å². The number of carbonyl (C=O) groups is 2. The summed E-state index contributed by atoms with van der Waals surface area (Å²) in [5.41, 5.74) is 0.601. The van der Waals surface area contributed by atoms with Crippen molar-refractivity contribution in [3.05, 3.63) is 59.9 Å². The Bertz CT molecular complexity index is 882. The molecule has 2 fully saturated rings. The van der Waals surface area contributed by atoms with Crippen LogP contribution in [0.15, 0.2) is 48.5 Å². The number of ether oxygens (including phenoxy) is 1. The quantitative estimate of drug-likeness (QED) is 0.703. The Morgan fingerprint density at radius 2 is 1.29 bits per heavy atom. The average Bonchev–Trinajstić information content (AvgIpc) is 3.10. The highest BCUT2D eigenvalue weighted by atomic mass is 19.1. The molecule has 2 aliphatic heterocycles. The first-order valence-corrected chi connectivity index (χ1v) is 11.2. The zero-order valence-electron chi connectivity index (χ0n) is 17.8. The Morgan fingerprint density at radius 1 is 0.742 bits per heavy atom. The van der Waals surface area contributed by atoms with Gasteiger partial charge in [-0.2, -0.15) is 0 Å². The van der Waals surface area contributed by atoms with Gasteiger partial charge < -0.3 is 14.5 Å². The van der Waals surface area contributed by atoms with E-state index in [-0.39, 0.29) is 23.5 Å². The number of hydrogen-bond donors (Lipinski definition) is 0. The number of benzene rings is 2. The summed E-state index contributed by atoms with van der Waals surface area (Å²) in [7, 11) is 0. The smallest absolute Gasteiger partial charge is 0.253 e. The summed E-state index contributed by atoms with van der Waals surface area (Å²) in [6, 6.07) is 12.8. The highest BCUT2D eigenvalue weighted by molar-refractivity contribution is 5.94. The van der Waals surface area contributed by atoms with E-state index in [1.165, 1.54) is 25.0 Å². The molecule has 0 bridgehead atoms. The van der Waals surface area contributed by atoms with Crippen LogP contribution in [0.2, 0.25) is 0 Å². The van der Waals surface area contributed by atoms with Crippen LogP contribution in [-0.4, -0.2) is 47.8 Å². The number of rotatable bonds is 4. The minimum absolute atomic E-state index is 0.0194. The second-order valence-corrected chi connectivity index (χ2v) is 8.39. The molecule has 5 nitrogen and oxygen atoms in total. The molecule has 2 amide bonds. The first-order valence-electron chi connectivity index (χ1n) is 11.2. The van der Waals surface area contributed by atoms with Gasteiger partial charge in [-0.25, -0.2) is 4.39 Å². The third-order valence-electron chi connectivity index (χ3n) is 6.20. The van der Waals surface area contributed by atoms with Crippen LogP contribution in [0.3, 0.4) is 0 Å². The number of piperidine rings is 1. The normalized spacial score (nSPS) is 17.8. The molecule has 2 aromatic carbocycles. The maximum Gasteiger partial charge on any atom is 0.253 e. The van der Waals surface area contributed by atoms with Crippen LogP contribution in [0.1, 0.15) is 48.9 Å². The molecule has 0 aliphatic carbocycles. The highest BCUT2D eigenvalue weighted by Crippen LogP contribution is 2.25. The average molecular weight is 425 g/mol. The van der Waals surface area contributed by atoms with Gasteiger partial charge in [-0.3, -0.25) is 9.59 Å². The van der Waals surface area contributed by atoms with E-state index >= 15 is 0 Å². The van der Waals surface area contributed by atoms with Crippen LogP contribution < -0.4 is 4.74 Å². The van der Waals surface area contributed by atoms with Crippen LogP contribution in [0.4, 0.5) is 4.39 Å². The van der Waals surface area contributed by atoms with E-state index in [4.69, 9.17) is 4.74 Å². The Labute approximate surface area is 182 Å². The lowest BCUT2D eigenvalue weighted by Crippen LogP contribution is -2.44. The summed E-state index contributed by atoms with van der Waals surface area (Å²) < 4.78 is 18.7. The molecule has 0 radical (unpaired) electrons. The van der Waals surface area contributed by atoms with E-state index in [1.807, 2.05) is 9.80 Å². The van der Waals surface area contributed by atoms with Gasteiger partial charge in [0.05, 0.1) is 0 Å². The van der Waals surface area contributed by atoms with Crippen molar-refractivity contribution in [3.8, 4) is 11.5 Å². The number of carbonyl (C=O) groups excluding carboxylic acids is 2. The number of halogens is 1. The summed E-state index contributed by atoms with van der Waals surface area (Å²) in [6.07, 6.45) is 6.09. The SMILES string of the molecule is O=C(c1ccc(Oc2ccc(F)cc2)cc1)N1CCC(C(=O)N2CCCCCC2)CC1. The fraction of sp³-hybridized carbons (Fsp3) is 0.440. The first kappa shape index (κ1) is 21.3. The van der Waals surface area contributed by atoms with Gasteiger partial charge in [-0.15, -0.1) is 0 Å². The fourth-order valence-corrected chi connectivity index (χ4v) is 4.37. The minimum atomic E-state index is -0.315. The van der Waals surface area contributed by atoms with Gasteiger partial charge in [0.15, 0.2) is 0 Å². The lowest BCUT2D eigenvalue weighted by Gasteiger charge is -2.34. The van der Waals surface area contributed by atoms with Crippen molar-refractivity contribution in [1.29, 1.82) is 0 Å². The van der Waals surface area contributed by atoms with Crippen LogP contribution in [0, 0.1) is 11.7 Å². The zero-order valence-corrected chi connectivity index (χ0v) is 17.8. The highest BCUT2D eigenvalue weighted by Gasteiger charge is 2.30. The van der Waals surface area contributed by atoms with Crippen molar-refractivity contribution in [2.45, 2.75) is 38.5 Å². The van der Waals surface area contributed by atoms with E-state index in [0.717, 1.165) is 38.8 Å². The van der Waals surface area contributed by atoms with Gasteiger partial charge >= 0.3 is 0 Å². The standard InChI is InChI=1S/C25H29FN2O3/c26-21-7-11-23(12-8-21)31-22-9-5-19(6-10-22)24(29)28-17-13-20(14-18-28)25(30)27-15-3-1-2-4-16-27/h5-12,20H,1-4,13-18H2. The van der Waals surface area contributed by atoms with Crippen LogP contribution in [-0.2, 0) is 4.79 Å². The van der Waals surface area contributed by atoms with Crippen molar-refractivity contribution in [2.24, 2.45) is 5.92 Å². The third kappa shape index (κ3) is 5.43. The monoisotopic (exact) mass is 424 g/mol. The molecule has 0 saturated carbocycles. The molecule has 4 rings (SSSR count). The number of hydrogen-bond acceptors (Lipinski definition) is 3. The Kier molecular flexibility index (Phi) is 6.85. The molecule has 2 aromatic rings. The maximum absolute atomic E-state index is 13.0. The molecular weight excluding hydrogens is 395 g/mol. The second-order valence-electron chi connectivity index (χ2n) is 8.39. The van der Waals surface area contributed by atoms with E-state index in [0.29, 0.717) is 30.2 Å². The molecule has 164 valence electrons. The lowest BCUT2D eigenvalue weighted by atomic mass is 9.94. The molecule has 2 aliphatic rings. The van der Waals surface area contributed by atoms with Gasteiger partial charge in [0.1, 0.15) is 17.3 Å². The molecule has 6 heteroatoms. The molecule has 0 N–H and O–H groups in total. The predicted octanol–water partition coefficient (Wildman–Crippen LogP) is 4.87. The minimum Gasteiger partial charge on any atom is -0.457 e. The van der Waals surface area contributed by atoms with Crippen molar-refractivity contribution in [1.82, 2.24) is 9.80 Å². The molecule has 0 unspecified atom stereocenters. The van der Waals surface area contributed by atoms with E-state index in [2.05, 4.69) is 0 Å². The number of amides is 2. The Morgan fingerprint density at radius 3 is 1.87 bits per heavy atom. The summed E-state index contributed by atoms with van der Waals surface area (Å²) in [5, 5.41) is 0. The fourth-order valence-electron chi connectivity index (χ4n) is 4.37. The summed E-state index contributed by atoms with van der Waals surface area (Å²) in [4.78, 5) is 29.6. The molecule has 31 heavy (non-hydrogen) atoms. The van der Waals surface area contributed by atoms with Crippen molar-refractivity contribution < 1.29 is 18.7 Å². The second kappa shape index (κ2) is 9.94. The largest absolute Gasteiger partial charge is 0.457 e. The van der Waals surface area contributed by atoms with Crippen LogP contribution >= 0.6 is 0 Å². The molecule has 0 atom stereocenters. The van der Waals surface area contributed by atoms with Gasteiger partial charge in [-0.1, -0.05) is 12.8 Å². The first-order chi connectivity index (χ1) is 15.1. The molecule has 2 saturated heterocycles.